The number of esters is 1. The third-order valence-corrected chi connectivity index (χ3v) is 3.59. The summed E-state index contributed by atoms with van der Waals surface area (Å²) in [6.07, 6.45) is 0. The number of rotatable bonds is 3. The molecule has 0 unspecified atom stereocenters. The minimum absolute atomic E-state index is 0.163. The molecular weight excluding hydrogens is 351 g/mol. The minimum atomic E-state index is -1.21. The van der Waals surface area contributed by atoms with Gasteiger partial charge in [-0.3, -0.25) is 0 Å². The Hall–Kier alpha value is -2.02. The van der Waals surface area contributed by atoms with Crippen LogP contribution in [0, 0.1) is 17.5 Å². The van der Waals surface area contributed by atoms with Crippen molar-refractivity contribution in [1.29, 1.82) is 0 Å². The Kier molecular flexibility index (Phi) is 4.52. The van der Waals surface area contributed by atoms with Crippen molar-refractivity contribution >= 4 is 27.6 Å². The van der Waals surface area contributed by atoms with E-state index in [0.717, 1.165) is 0 Å². The summed E-state index contributed by atoms with van der Waals surface area (Å²) in [6, 6.07) is 5.60. The lowest BCUT2D eigenvalue weighted by Crippen LogP contribution is -2.10. The molecule has 2 rings (SSSR count). The Labute approximate surface area is 126 Å². The number of anilines is 1. The first-order valence-electron chi connectivity index (χ1n) is 5.74. The van der Waals surface area contributed by atoms with Crippen LogP contribution in [0.25, 0.3) is 0 Å². The second-order valence-corrected chi connectivity index (χ2v) is 4.94. The normalized spacial score (nSPS) is 10.5. The zero-order chi connectivity index (χ0) is 15.6. The topological polar surface area (TPSA) is 52.3 Å². The van der Waals surface area contributed by atoms with Gasteiger partial charge in [-0.25, -0.2) is 18.0 Å². The molecule has 0 aliphatic rings. The third-order valence-electron chi connectivity index (χ3n) is 2.70. The molecule has 3 nitrogen and oxygen atoms in total. The van der Waals surface area contributed by atoms with Crippen molar-refractivity contribution in [2.45, 2.75) is 6.61 Å². The summed E-state index contributed by atoms with van der Waals surface area (Å²) < 4.78 is 44.4. The predicted octanol–water partition coefficient (Wildman–Crippen LogP) is 3.81. The van der Waals surface area contributed by atoms with Gasteiger partial charge in [-0.05, 0) is 28.1 Å². The first kappa shape index (κ1) is 15.4. The Morgan fingerprint density at radius 2 is 1.81 bits per heavy atom. The van der Waals surface area contributed by atoms with E-state index in [-0.39, 0.29) is 22.3 Å². The van der Waals surface area contributed by atoms with Crippen molar-refractivity contribution in [2.24, 2.45) is 0 Å². The third kappa shape index (κ3) is 3.36. The van der Waals surface area contributed by atoms with Crippen LogP contribution in [-0.2, 0) is 11.3 Å². The number of halogens is 4. The number of nitrogen functional groups attached to an aromatic ring is 1. The van der Waals surface area contributed by atoms with Crippen LogP contribution >= 0.6 is 15.9 Å². The van der Waals surface area contributed by atoms with Crippen LogP contribution in [0.5, 0.6) is 0 Å². The monoisotopic (exact) mass is 359 g/mol. The summed E-state index contributed by atoms with van der Waals surface area (Å²) >= 11 is 3.02. The molecule has 0 bridgehead atoms. The van der Waals surface area contributed by atoms with E-state index in [4.69, 9.17) is 10.5 Å². The van der Waals surface area contributed by atoms with Crippen LogP contribution in [-0.4, -0.2) is 5.97 Å². The first-order valence-corrected chi connectivity index (χ1v) is 6.54. The quantitative estimate of drug-likeness (QED) is 0.669. The molecule has 0 aromatic heterocycles. The van der Waals surface area contributed by atoms with Crippen molar-refractivity contribution in [3.63, 3.8) is 0 Å². The van der Waals surface area contributed by atoms with Gasteiger partial charge >= 0.3 is 5.97 Å². The fraction of sp³-hybridized carbons (Fsp3) is 0.0714. The highest BCUT2D eigenvalue weighted by atomic mass is 79.9. The van der Waals surface area contributed by atoms with Gasteiger partial charge in [-0.1, -0.05) is 12.1 Å². The molecule has 0 heterocycles. The van der Waals surface area contributed by atoms with E-state index in [2.05, 4.69) is 15.9 Å². The molecule has 0 amide bonds. The fourth-order valence-corrected chi connectivity index (χ4v) is 2.00. The van der Waals surface area contributed by atoms with E-state index in [1.807, 2.05) is 0 Å². The van der Waals surface area contributed by atoms with E-state index in [0.29, 0.717) is 17.7 Å². The number of ether oxygens (including phenoxy) is 1. The largest absolute Gasteiger partial charge is 0.457 e. The molecule has 110 valence electrons. The van der Waals surface area contributed by atoms with Crippen LogP contribution in [0.3, 0.4) is 0 Å². The SMILES string of the molecule is Nc1cc(F)c(F)cc1C(=O)OCc1cccc(F)c1Br. The molecule has 2 aromatic rings. The van der Waals surface area contributed by atoms with Gasteiger partial charge < -0.3 is 10.5 Å². The molecule has 0 aliphatic carbocycles. The number of carbonyl (C=O) groups is 1. The van der Waals surface area contributed by atoms with Gasteiger partial charge in [0.15, 0.2) is 11.6 Å². The molecule has 0 saturated heterocycles. The summed E-state index contributed by atoms with van der Waals surface area (Å²) in [6.45, 7) is -0.240. The second kappa shape index (κ2) is 6.17. The maximum absolute atomic E-state index is 13.3. The van der Waals surface area contributed by atoms with Crippen LogP contribution in [0.1, 0.15) is 15.9 Å². The summed E-state index contributed by atoms with van der Waals surface area (Å²) in [5.74, 6) is -3.79. The summed E-state index contributed by atoms with van der Waals surface area (Å²) in [5, 5.41) is 0. The highest BCUT2D eigenvalue weighted by molar-refractivity contribution is 9.10. The van der Waals surface area contributed by atoms with Crippen LogP contribution in [0.4, 0.5) is 18.9 Å². The molecule has 0 fully saturated rings. The maximum atomic E-state index is 13.3. The molecule has 0 radical (unpaired) electrons. The summed E-state index contributed by atoms with van der Waals surface area (Å²) in [4.78, 5) is 11.8. The van der Waals surface area contributed by atoms with Gasteiger partial charge in [-0.2, -0.15) is 0 Å². The molecule has 21 heavy (non-hydrogen) atoms. The highest BCUT2D eigenvalue weighted by Crippen LogP contribution is 2.23. The van der Waals surface area contributed by atoms with Gasteiger partial charge in [0.25, 0.3) is 0 Å². The molecule has 0 spiro atoms. The van der Waals surface area contributed by atoms with Crippen molar-refractivity contribution in [1.82, 2.24) is 0 Å². The Morgan fingerprint density at radius 3 is 2.52 bits per heavy atom. The lowest BCUT2D eigenvalue weighted by atomic mass is 10.1. The van der Waals surface area contributed by atoms with Crippen molar-refractivity contribution < 1.29 is 22.7 Å². The standard InChI is InChI=1S/C14H9BrF3NO2/c15-13-7(2-1-3-9(13)16)6-21-14(20)8-4-10(17)11(18)5-12(8)19/h1-5H,6,19H2. The average Bonchev–Trinajstić information content (AvgIpc) is 2.44. The van der Waals surface area contributed by atoms with E-state index in [9.17, 15) is 18.0 Å². The Balaban J connectivity index is 2.16. The lowest BCUT2D eigenvalue weighted by Gasteiger charge is -2.09. The number of carbonyl (C=O) groups excluding carboxylic acids is 1. The zero-order valence-electron chi connectivity index (χ0n) is 10.5. The zero-order valence-corrected chi connectivity index (χ0v) is 12.1. The van der Waals surface area contributed by atoms with Crippen LogP contribution in [0.15, 0.2) is 34.8 Å². The predicted molar refractivity (Wildman–Crippen MR) is 74.0 cm³/mol. The minimum Gasteiger partial charge on any atom is -0.457 e. The number of hydrogen-bond acceptors (Lipinski definition) is 3. The fourth-order valence-electron chi connectivity index (χ4n) is 1.62. The van der Waals surface area contributed by atoms with E-state index in [1.165, 1.54) is 12.1 Å². The molecular formula is C14H9BrF3NO2. The molecule has 0 atom stereocenters. The Bertz CT molecular complexity index is 707. The maximum Gasteiger partial charge on any atom is 0.340 e. The van der Waals surface area contributed by atoms with Gasteiger partial charge in [-0.15, -0.1) is 0 Å². The van der Waals surface area contributed by atoms with E-state index >= 15 is 0 Å². The van der Waals surface area contributed by atoms with Crippen LogP contribution in [0.2, 0.25) is 0 Å². The van der Waals surface area contributed by atoms with Gasteiger partial charge in [0.1, 0.15) is 12.4 Å². The van der Waals surface area contributed by atoms with Gasteiger partial charge in [0.05, 0.1) is 10.0 Å². The van der Waals surface area contributed by atoms with Crippen molar-refractivity contribution in [3.05, 3.63) is 63.4 Å². The second-order valence-electron chi connectivity index (χ2n) is 4.14. The summed E-state index contributed by atoms with van der Waals surface area (Å²) in [5.41, 5.74) is 5.30. The smallest absolute Gasteiger partial charge is 0.340 e. The van der Waals surface area contributed by atoms with E-state index < -0.39 is 23.4 Å². The number of hydrogen-bond donors (Lipinski definition) is 1. The number of nitrogens with two attached hydrogens (primary N) is 1. The average molecular weight is 360 g/mol. The van der Waals surface area contributed by atoms with Crippen LogP contribution < -0.4 is 5.73 Å². The molecule has 2 aromatic carbocycles. The van der Waals surface area contributed by atoms with Crippen molar-refractivity contribution in [3.8, 4) is 0 Å². The highest BCUT2D eigenvalue weighted by Gasteiger charge is 2.16. The number of benzene rings is 2. The first-order chi connectivity index (χ1) is 9.90. The van der Waals surface area contributed by atoms with Gasteiger partial charge in [0.2, 0.25) is 0 Å². The lowest BCUT2D eigenvalue weighted by molar-refractivity contribution is 0.0472. The Morgan fingerprint density at radius 1 is 1.14 bits per heavy atom. The molecule has 0 aliphatic heterocycles. The summed E-state index contributed by atoms with van der Waals surface area (Å²) in [7, 11) is 0. The van der Waals surface area contributed by atoms with Gasteiger partial charge in [0, 0.05) is 17.3 Å². The molecule has 2 N–H and O–H groups in total. The molecule has 0 saturated carbocycles. The van der Waals surface area contributed by atoms with Crippen molar-refractivity contribution in [2.75, 3.05) is 5.73 Å². The molecule has 7 heteroatoms. The van der Waals surface area contributed by atoms with E-state index in [1.54, 1.807) is 6.07 Å².